The molecule has 2 heterocycles. The smallest absolute Gasteiger partial charge is 0.254 e. The minimum atomic E-state index is 0.00351. The summed E-state index contributed by atoms with van der Waals surface area (Å²) >= 11 is 0. The summed E-state index contributed by atoms with van der Waals surface area (Å²) in [7, 11) is 3.91. The molecule has 0 aliphatic carbocycles. The van der Waals surface area contributed by atoms with Crippen molar-refractivity contribution in [2.75, 3.05) is 40.4 Å². The number of rotatable bonds is 3. The lowest BCUT2D eigenvalue weighted by Gasteiger charge is -2.58. The first kappa shape index (κ1) is 15.3. The maximum absolute atomic E-state index is 12.5. The van der Waals surface area contributed by atoms with E-state index >= 15 is 0 Å². The highest BCUT2D eigenvalue weighted by molar-refractivity contribution is 5.95. The number of amides is 1. The number of likely N-dealkylation sites (tertiary alicyclic amines) is 2. The second kappa shape index (κ2) is 5.89. The number of likely N-dealkylation sites (N-methyl/N-ethyl adjacent to an activating group) is 1. The second-order valence-electron chi connectivity index (χ2n) is 6.67. The van der Waals surface area contributed by atoms with Crippen molar-refractivity contribution in [2.45, 2.75) is 18.4 Å². The third kappa shape index (κ3) is 2.71. The molecule has 0 saturated carbocycles. The lowest BCUT2D eigenvalue weighted by atomic mass is 9.75. The number of hydrogen-bond acceptors (Lipinski definition) is 4. The summed E-state index contributed by atoms with van der Waals surface area (Å²) in [4.78, 5) is 16.8. The van der Waals surface area contributed by atoms with Crippen LogP contribution < -0.4 is 0 Å². The van der Waals surface area contributed by atoms with Crippen LogP contribution in [0.2, 0.25) is 0 Å². The first-order valence-electron chi connectivity index (χ1n) is 7.82. The number of methoxy groups -OCH3 is 1. The van der Waals surface area contributed by atoms with Gasteiger partial charge in [0.2, 0.25) is 0 Å². The van der Waals surface area contributed by atoms with Crippen LogP contribution in [-0.4, -0.2) is 66.8 Å². The van der Waals surface area contributed by atoms with Crippen LogP contribution in [-0.2, 0) is 4.74 Å². The molecule has 1 aromatic carbocycles. The summed E-state index contributed by atoms with van der Waals surface area (Å²) < 4.78 is 5.31. The number of aromatic hydroxyl groups is 1. The molecule has 0 radical (unpaired) electrons. The molecule has 0 bridgehead atoms. The van der Waals surface area contributed by atoms with Gasteiger partial charge in [-0.1, -0.05) is 6.07 Å². The zero-order valence-corrected chi connectivity index (χ0v) is 13.3. The molecule has 1 atom stereocenters. The molecule has 3 rings (SSSR count). The molecule has 22 heavy (non-hydrogen) atoms. The van der Waals surface area contributed by atoms with Crippen LogP contribution in [0.4, 0.5) is 0 Å². The number of carbonyl (C=O) groups is 1. The Hall–Kier alpha value is -1.59. The van der Waals surface area contributed by atoms with Crippen molar-refractivity contribution in [3.05, 3.63) is 29.8 Å². The predicted molar refractivity (Wildman–Crippen MR) is 84.0 cm³/mol. The molecular weight excluding hydrogens is 280 g/mol. The van der Waals surface area contributed by atoms with E-state index in [0.29, 0.717) is 11.5 Å². The molecular formula is C17H24N2O3. The van der Waals surface area contributed by atoms with Gasteiger partial charge in [0.25, 0.3) is 5.91 Å². The van der Waals surface area contributed by atoms with E-state index in [0.717, 1.165) is 39.1 Å². The third-order valence-corrected chi connectivity index (χ3v) is 5.10. The summed E-state index contributed by atoms with van der Waals surface area (Å²) in [6, 6.07) is 6.58. The average Bonchev–Trinajstić information content (AvgIpc) is 2.46. The van der Waals surface area contributed by atoms with E-state index in [2.05, 4.69) is 11.9 Å². The van der Waals surface area contributed by atoms with E-state index in [4.69, 9.17) is 4.74 Å². The molecule has 1 N–H and O–H groups in total. The molecule has 1 spiro atoms. The Balaban J connectivity index is 1.65. The van der Waals surface area contributed by atoms with Crippen molar-refractivity contribution in [3.8, 4) is 5.75 Å². The van der Waals surface area contributed by atoms with Crippen LogP contribution in [0, 0.1) is 5.92 Å². The standard InChI is InChI=1S/C17H24N2O3/c1-18-7-6-13(10-22-2)9-17(18)11-19(12-17)16(21)14-4-3-5-15(20)8-14/h3-5,8,13,20H,6-7,9-12H2,1-2H3/t13-/m0/s1. The molecule has 5 heteroatoms. The topological polar surface area (TPSA) is 53.0 Å². The van der Waals surface area contributed by atoms with Crippen LogP contribution in [0.5, 0.6) is 5.75 Å². The van der Waals surface area contributed by atoms with E-state index in [1.54, 1.807) is 25.3 Å². The van der Waals surface area contributed by atoms with Crippen LogP contribution in [0.3, 0.4) is 0 Å². The molecule has 1 aromatic rings. The predicted octanol–water partition coefficient (Wildman–Crippen LogP) is 1.57. The molecule has 0 aromatic heterocycles. The SMILES string of the molecule is COC[C@H]1CCN(C)C2(C1)CN(C(=O)c1cccc(O)c1)C2. The highest BCUT2D eigenvalue weighted by Crippen LogP contribution is 2.38. The summed E-state index contributed by atoms with van der Waals surface area (Å²) in [6.45, 7) is 3.38. The van der Waals surface area contributed by atoms with Gasteiger partial charge in [-0.05, 0) is 50.6 Å². The molecule has 5 nitrogen and oxygen atoms in total. The van der Waals surface area contributed by atoms with Gasteiger partial charge in [0.05, 0.1) is 5.54 Å². The molecule has 0 unspecified atom stereocenters. The van der Waals surface area contributed by atoms with E-state index in [1.165, 1.54) is 6.07 Å². The Morgan fingerprint density at radius 1 is 1.45 bits per heavy atom. The number of phenolic OH excluding ortho intramolecular Hbond substituents is 1. The van der Waals surface area contributed by atoms with Gasteiger partial charge in [-0.25, -0.2) is 0 Å². The average molecular weight is 304 g/mol. The summed E-state index contributed by atoms with van der Waals surface area (Å²) in [5.41, 5.74) is 0.662. The van der Waals surface area contributed by atoms with Gasteiger partial charge in [-0.3, -0.25) is 9.69 Å². The van der Waals surface area contributed by atoms with E-state index in [1.807, 2.05) is 4.90 Å². The monoisotopic (exact) mass is 304 g/mol. The molecule has 1 amide bonds. The minimum absolute atomic E-state index is 0.00351. The Kier molecular flexibility index (Phi) is 4.10. The number of nitrogens with zero attached hydrogens (tertiary/aromatic N) is 2. The first-order valence-corrected chi connectivity index (χ1v) is 7.82. The lowest BCUT2D eigenvalue weighted by Crippen LogP contribution is -2.72. The van der Waals surface area contributed by atoms with Crippen LogP contribution in [0.15, 0.2) is 24.3 Å². The van der Waals surface area contributed by atoms with E-state index in [-0.39, 0.29) is 17.2 Å². The number of ether oxygens (including phenoxy) is 1. The minimum Gasteiger partial charge on any atom is -0.508 e. The van der Waals surface area contributed by atoms with Crippen molar-refractivity contribution >= 4 is 5.91 Å². The van der Waals surface area contributed by atoms with Crippen molar-refractivity contribution in [2.24, 2.45) is 5.92 Å². The van der Waals surface area contributed by atoms with Gasteiger partial charge < -0.3 is 14.7 Å². The zero-order valence-electron chi connectivity index (χ0n) is 13.3. The molecule has 2 aliphatic heterocycles. The number of piperidine rings is 1. The molecule has 120 valence electrons. The fourth-order valence-electron chi connectivity index (χ4n) is 3.79. The Bertz CT molecular complexity index is 555. The van der Waals surface area contributed by atoms with Gasteiger partial charge >= 0.3 is 0 Å². The number of benzene rings is 1. The Morgan fingerprint density at radius 3 is 2.91 bits per heavy atom. The zero-order chi connectivity index (χ0) is 15.7. The summed E-state index contributed by atoms with van der Waals surface area (Å²) in [5.74, 6) is 0.721. The van der Waals surface area contributed by atoms with Gasteiger partial charge in [0, 0.05) is 32.4 Å². The van der Waals surface area contributed by atoms with Crippen LogP contribution in [0.1, 0.15) is 23.2 Å². The van der Waals surface area contributed by atoms with E-state index in [9.17, 15) is 9.90 Å². The first-order chi connectivity index (χ1) is 10.5. The van der Waals surface area contributed by atoms with Crippen molar-refractivity contribution < 1.29 is 14.6 Å². The van der Waals surface area contributed by atoms with Crippen molar-refractivity contribution in [1.29, 1.82) is 0 Å². The number of hydrogen-bond donors (Lipinski definition) is 1. The highest BCUT2D eigenvalue weighted by atomic mass is 16.5. The summed E-state index contributed by atoms with van der Waals surface area (Å²) in [6.07, 6.45) is 2.24. The number of carbonyl (C=O) groups excluding carboxylic acids is 1. The van der Waals surface area contributed by atoms with Crippen LogP contribution in [0.25, 0.3) is 0 Å². The lowest BCUT2D eigenvalue weighted by molar-refractivity contribution is -0.0731. The second-order valence-corrected chi connectivity index (χ2v) is 6.67. The van der Waals surface area contributed by atoms with Gasteiger partial charge in [-0.15, -0.1) is 0 Å². The fourth-order valence-corrected chi connectivity index (χ4v) is 3.79. The molecule has 2 aliphatic rings. The largest absolute Gasteiger partial charge is 0.508 e. The van der Waals surface area contributed by atoms with Gasteiger partial charge in [0.1, 0.15) is 5.75 Å². The third-order valence-electron chi connectivity index (χ3n) is 5.10. The quantitative estimate of drug-likeness (QED) is 0.921. The molecule has 2 saturated heterocycles. The van der Waals surface area contributed by atoms with Crippen molar-refractivity contribution in [1.82, 2.24) is 9.80 Å². The Labute approximate surface area is 131 Å². The Morgan fingerprint density at radius 2 is 2.23 bits per heavy atom. The maximum Gasteiger partial charge on any atom is 0.254 e. The highest BCUT2D eigenvalue weighted by Gasteiger charge is 2.50. The van der Waals surface area contributed by atoms with Crippen molar-refractivity contribution in [3.63, 3.8) is 0 Å². The van der Waals surface area contributed by atoms with Crippen LogP contribution >= 0.6 is 0 Å². The summed E-state index contributed by atoms with van der Waals surface area (Å²) in [5, 5.41) is 9.52. The maximum atomic E-state index is 12.5. The normalized spacial score (nSPS) is 24.3. The van der Waals surface area contributed by atoms with E-state index < -0.39 is 0 Å². The molecule has 2 fully saturated rings. The number of phenols is 1. The fraction of sp³-hybridized carbons (Fsp3) is 0.588. The van der Waals surface area contributed by atoms with Gasteiger partial charge in [-0.2, -0.15) is 0 Å². The van der Waals surface area contributed by atoms with Gasteiger partial charge in [0.15, 0.2) is 0 Å².